The van der Waals surface area contributed by atoms with Gasteiger partial charge in [-0.1, -0.05) is 24.3 Å². The Labute approximate surface area is 126 Å². The fraction of sp³-hybridized carbons (Fsp3) is 0. The van der Waals surface area contributed by atoms with Gasteiger partial charge in [0, 0.05) is 11.8 Å². The number of nitriles is 1. The fourth-order valence-corrected chi connectivity index (χ4v) is 2.20. The monoisotopic (exact) mass is 289 g/mol. The SMILES string of the molecule is N#Cc1ccc(-c2cn(-c3ccccc3C(=O)O)cn2)cc1. The van der Waals surface area contributed by atoms with Gasteiger partial charge < -0.3 is 9.67 Å². The average Bonchev–Trinajstić information content (AvgIpc) is 3.04. The quantitative estimate of drug-likeness (QED) is 0.803. The molecular weight excluding hydrogens is 278 g/mol. The predicted octanol–water partition coefficient (Wildman–Crippen LogP) is 3.11. The Morgan fingerprint density at radius 1 is 1.14 bits per heavy atom. The summed E-state index contributed by atoms with van der Waals surface area (Å²) < 4.78 is 1.68. The zero-order valence-corrected chi connectivity index (χ0v) is 11.5. The number of benzene rings is 2. The Morgan fingerprint density at radius 2 is 1.86 bits per heavy atom. The van der Waals surface area contributed by atoms with Crippen LogP contribution in [0.2, 0.25) is 0 Å². The van der Waals surface area contributed by atoms with Crippen molar-refractivity contribution in [1.29, 1.82) is 5.26 Å². The predicted molar refractivity (Wildman–Crippen MR) is 80.7 cm³/mol. The van der Waals surface area contributed by atoms with Crippen molar-refractivity contribution in [2.45, 2.75) is 0 Å². The van der Waals surface area contributed by atoms with Crippen molar-refractivity contribution in [3.05, 3.63) is 72.2 Å². The smallest absolute Gasteiger partial charge is 0.337 e. The van der Waals surface area contributed by atoms with Gasteiger partial charge in [-0.2, -0.15) is 5.26 Å². The van der Waals surface area contributed by atoms with E-state index in [-0.39, 0.29) is 5.56 Å². The van der Waals surface area contributed by atoms with Crippen molar-refractivity contribution in [1.82, 2.24) is 9.55 Å². The molecule has 0 aliphatic rings. The lowest BCUT2D eigenvalue weighted by molar-refractivity contribution is 0.0697. The van der Waals surface area contributed by atoms with E-state index in [0.717, 1.165) is 5.56 Å². The van der Waals surface area contributed by atoms with Gasteiger partial charge in [-0.05, 0) is 24.3 Å². The molecular formula is C17H11N3O2. The largest absolute Gasteiger partial charge is 0.478 e. The van der Waals surface area contributed by atoms with Crippen LogP contribution in [0.25, 0.3) is 16.9 Å². The molecule has 0 saturated carbocycles. The highest BCUT2D eigenvalue weighted by Crippen LogP contribution is 2.21. The molecule has 2 aromatic carbocycles. The second-order valence-corrected chi connectivity index (χ2v) is 4.68. The van der Waals surface area contributed by atoms with E-state index in [1.54, 1.807) is 53.5 Å². The minimum absolute atomic E-state index is 0.214. The first-order chi connectivity index (χ1) is 10.7. The average molecular weight is 289 g/mol. The van der Waals surface area contributed by atoms with Crippen LogP contribution < -0.4 is 0 Å². The lowest BCUT2D eigenvalue weighted by Gasteiger charge is -2.05. The molecule has 0 aliphatic carbocycles. The number of imidazole rings is 1. The van der Waals surface area contributed by atoms with Gasteiger partial charge in [0.2, 0.25) is 0 Å². The van der Waals surface area contributed by atoms with Gasteiger partial charge in [0.05, 0.1) is 34.9 Å². The minimum atomic E-state index is -0.982. The lowest BCUT2D eigenvalue weighted by atomic mass is 10.1. The summed E-state index contributed by atoms with van der Waals surface area (Å²) in [5.41, 5.74) is 2.93. The summed E-state index contributed by atoms with van der Waals surface area (Å²) in [7, 11) is 0. The van der Waals surface area contributed by atoms with Crippen molar-refractivity contribution in [3.63, 3.8) is 0 Å². The highest BCUT2D eigenvalue weighted by Gasteiger charge is 2.11. The first kappa shape index (κ1) is 13.6. The Balaban J connectivity index is 2.01. The van der Waals surface area contributed by atoms with Gasteiger partial charge in [0.1, 0.15) is 0 Å². The molecule has 5 nitrogen and oxygen atoms in total. The third-order valence-electron chi connectivity index (χ3n) is 3.30. The molecule has 0 atom stereocenters. The molecule has 0 unspecified atom stereocenters. The van der Waals surface area contributed by atoms with Crippen molar-refractivity contribution < 1.29 is 9.90 Å². The van der Waals surface area contributed by atoms with E-state index in [4.69, 9.17) is 5.26 Å². The van der Waals surface area contributed by atoms with Crippen molar-refractivity contribution in [2.24, 2.45) is 0 Å². The summed E-state index contributed by atoms with van der Waals surface area (Å²) in [6.07, 6.45) is 3.35. The van der Waals surface area contributed by atoms with Crippen LogP contribution in [0.3, 0.4) is 0 Å². The number of para-hydroxylation sites is 1. The van der Waals surface area contributed by atoms with E-state index in [1.807, 2.05) is 12.1 Å². The van der Waals surface area contributed by atoms with Crippen LogP contribution >= 0.6 is 0 Å². The molecule has 1 heterocycles. The third kappa shape index (κ3) is 2.45. The number of nitrogens with zero attached hydrogens (tertiary/aromatic N) is 3. The van der Waals surface area contributed by atoms with E-state index in [0.29, 0.717) is 16.9 Å². The molecule has 106 valence electrons. The summed E-state index contributed by atoms with van der Waals surface area (Å²) in [5.74, 6) is -0.982. The maximum Gasteiger partial charge on any atom is 0.337 e. The van der Waals surface area contributed by atoms with Gasteiger partial charge in [0.25, 0.3) is 0 Å². The Hall–Kier alpha value is -3.39. The molecule has 3 aromatic rings. The Morgan fingerprint density at radius 3 is 2.55 bits per heavy atom. The van der Waals surface area contributed by atoms with Crippen LogP contribution in [0.1, 0.15) is 15.9 Å². The van der Waals surface area contributed by atoms with E-state index >= 15 is 0 Å². The van der Waals surface area contributed by atoms with Gasteiger partial charge >= 0.3 is 5.97 Å². The number of rotatable bonds is 3. The summed E-state index contributed by atoms with van der Waals surface area (Å²) in [6.45, 7) is 0. The second-order valence-electron chi connectivity index (χ2n) is 4.68. The molecule has 0 amide bonds. The van der Waals surface area contributed by atoms with Crippen LogP contribution in [-0.4, -0.2) is 20.6 Å². The van der Waals surface area contributed by atoms with Crippen LogP contribution in [0.15, 0.2) is 61.1 Å². The molecule has 0 bridgehead atoms. The molecule has 22 heavy (non-hydrogen) atoms. The van der Waals surface area contributed by atoms with E-state index in [2.05, 4.69) is 11.1 Å². The first-order valence-corrected chi connectivity index (χ1v) is 6.56. The normalized spacial score (nSPS) is 10.1. The van der Waals surface area contributed by atoms with Crippen molar-refractivity contribution in [2.75, 3.05) is 0 Å². The van der Waals surface area contributed by atoms with Gasteiger partial charge in [-0.3, -0.25) is 0 Å². The van der Waals surface area contributed by atoms with Crippen molar-refractivity contribution >= 4 is 5.97 Å². The number of carboxylic acid groups (broad SMARTS) is 1. The highest BCUT2D eigenvalue weighted by molar-refractivity contribution is 5.91. The molecule has 0 saturated heterocycles. The van der Waals surface area contributed by atoms with Crippen LogP contribution in [0.5, 0.6) is 0 Å². The first-order valence-electron chi connectivity index (χ1n) is 6.56. The summed E-state index contributed by atoms with van der Waals surface area (Å²) >= 11 is 0. The lowest BCUT2D eigenvalue weighted by Crippen LogP contribution is -2.03. The molecule has 0 aliphatic heterocycles. The minimum Gasteiger partial charge on any atom is -0.478 e. The molecule has 1 N–H and O–H groups in total. The van der Waals surface area contributed by atoms with Crippen LogP contribution in [0.4, 0.5) is 0 Å². The third-order valence-corrected chi connectivity index (χ3v) is 3.30. The Kier molecular flexibility index (Phi) is 3.42. The standard InChI is InChI=1S/C17H11N3O2/c18-9-12-5-7-13(8-6-12)15-10-20(11-19-15)16-4-2-1-3-14(16)17(21)22/h1-8,10-11H,(H,21,22). The number of aromatic nitrogens is 2. The molecule has 0 radical (unpaired) electrons. The zero-order valence-electron chi connectivity index (χ0n) is 11.5. The van der Waals surface area contributed by atoms with Crippen LogP contribution in [0, 0.1) is 11.3 Å². The van der Waals surface area contributed by atoms with Crippen LogP contribution in [-0.2, 0) is 0 Å². The number of aromatic carboxylic acids is 1. The van der Waals surface area contributed by atoms with Gasteiger partial charge in [-0.25, -0.2) is 9.78 Å². The maximum atomic E-state index is 11.3. The molecule has 0 fully saturated rings. The number of carboxylic acids is 1. The molecule has 3 rings (SSSR count). The molecule has 5 heteroatoms. The topological polar surface area (TPSA) is 78.9 Å². The number of carbonyl (C=O) groups is 1. The second kappa shape index (κ2) is 5.54. The molecule has 0 spiro atoms. The zero-order chi connectivity index (χ0) is 15.5. The maximum absolute atomic E-state index is 11.3. The summed E-state index contributed by atoms with van der Waals surface area (Å²) in [5, 5.41) is 18.1. The van der Waals surface area contributed by atoms with Gasteiger partial charge in [0.15, 0.2) is 0 Å². The number of hydrogen-bond acceptors (Lipinski definition) is 3. The van der Waals surface area contributed by atoms with E-state index in [9.17, 15) is 9.90 Å². The van der Waals surface area contributed by atoms with Gasteiger partial charge in [-0.15, -0.1) is 0 Å². The summed E-state index contributed by atoms with van der Waals surface area (Å²) in [4.78, 5) is 15.6. The van der Waals surface area contributed by atoms with E-state index < -0.39 is 5.97 Å². The van der Waals surface area contributed by atoms with E-state index in [1.165, 1.54) is 0 Å². The molecule has 1 aromatic heterocycles. The fourth-order valence-electron chi connectivity index (χ4n) is 2.20. The van der Waals surface area contributed by atoms with Crippen molar-refractivity contribution in [3.8, 4) is 23.0 Å². The highest BCUT2D eigenvalue weighted by atomic mass is 16.4. The Bertz CT molecular complexity index is 873. The summed E-state index contributed by atoms with van der Waals surface area (Å²) in [6, 6.07) is 15.9. The number of hydrogen-bond donors (Lipinski definition) is 1.